The van der Waals surface area contributed by atoms with Crippen molar-refractivity contribution in [2.45, 2.75) is 25.9 Å². The minimum Gasteiger partial charge on any atom is -0.389 e. The molecule has 20 heavy (non-hydrogen) atoms. The van der Waals surface area contributed by atoms with E-state index in [1.54, 1.807) is 13.1 Å². The van der Waals surface area contributed by atoms with Gasteiger partial charge >= 0.3 is 0 Å². The lowest BCUT2D eigenvalue weighted by molar-refractivity contribution is 0.199. The van der Waals surface area contributed by atoms with Crippen LogP contribution in [-0.2, 0) is 12.8 Å². The van der Waals surface area contributed by atoms with Crippen molar-refractivity contribution >= 4 is 5.82 Å². The molecule has 0 unspecified atom stereocenters. The average Bonchev–Trinajstić information content (AvgIpc) is 2.70. The smallest absolute Gasteiger partial charge is 0.134 e. The van der Waals surface area contributed by atoms with E-state index in [1.807, 2.05) is 12.1 Å². The highest BCUT2D eigenvalue weighted by molar-refractivity contribution is 5.49. The van der Waals surface area contributed by atoms with Gasteiger partial charge in [0.25, 0.3) is 0 Å². The zero-order valence-corrected chi connectivity index (χ0v) is 11.8. The predicted octanol–water partition coefficient (Wildman–Crippen LogP) is 2.74. The third-order valence-corrected chi connectivity index (χ3v) is 3.99. The standard InChI is InChI=1S/C17H20N2O/c1-13(20)16-7-4-10-18-17(16)19-11-8-14-5-2-3-6-15(14)9-12-19/h2-7,10,13,20H,8-9,11-12H2,1H3/t13-/m1/s1. The van der Waals surface area contributed by atoms with Crippen LogP contribution in [0, 0.1) is 0 Å². The van der Waals surface area contributed by atoms with E-state index in [0.717, 1.165) is 37.3 Å². The molecule has 1 N–H and O–H groups in total. The molecule has 0 aliphatic carbocycles. The van der Waals surface area contributed by atoms with E-state index in [-0.39, 0.29) is 0 Å². The summed E-state index contributed by atoms with van der Waals surface area (Å²) in [7, 11) is 0. The number of hydrogen-bond donors (Lipinski definition) is 1. The van der Waals surface area contributed by atoms with Crippen LogP contribution in [0.2, 0.25) is 0 Å². The number of benzene rings is 1. The molecule has 0 amide bonds. The molecular formula is C17H20N2O. The fraction of sp³-hybridized carbons (Fsp3) is 0.353. The van der Waals surface area contributed by atoms with Gasteiger partial charge in [0.2, 0.25) is 0 Å². The molecule has 3 nitrogen and oxygen atoms in total. The van der Waals surface area contributed by atoms with Crippen molar-refractivity contribution in [3.8, 4) is 0 Å². The minimum atomic E-state index is -0.482. The van der Waals surface area contributed by atoms with Crippen LogP contribution < -0.4 is 4.90 Å². The Morgan fingerprint density at radius 3 is 2.30 bits per heavy atom. The fourth-order valence-electron chi connectivity index (χ4n) is 2.88. The fourth-order valence-corrected chi connectivity index (χ4v) is 2.88. The Balaban J connectivity index is 1.87. The minimum absolute atomic E-state index is 0.482. The third kappa shape index (κ3) is 2.54. The largest absolute Gasteiger partial charge is 0.389 e. The van der Waals surface area contributed by atoms with Crippen LogP contribution >= 0.6 is 0 Å². The second kappa shape index (κ2) is 5.63. The number of fused-ring (bicyclic) bond motifs is 1. The molecule has 1 atom stereocenters. The first kappa shape index (κ1) is 13.1. The van der Waals surface area contributed by atoms with Gasteiger partial charge < -0.3 is 10.0 Å². The number of aliphatic hydroxyl groups is 1. The molecule has 0 saturated heterocycles. The normalized spacial score (nSPS) is 16.4. The van der Waals surface area contributed by atoms with E-state index in [1.165, 1.54) is 11.1 Å². The van der Waals surface area contributed by atoms with Gasteiger partial charge in [0.05, 0.1) is 6.10 Å². The molecule has 1 aromatic carbocycles. The SMILES string of the molecule is C[C@@H](O)c1cccnc1N1CCc2ccccc2CC1. The molecular weight excluding hydrogens is 248 g/mol. The molecule has 2 heterocycles. The van der Waals surface area contributed by atoms with Gasteiger partial charge in [-0.25, -0.2) is 4.98 Å². The van der Waals surface area contributed by atoms with E-state index in [4.69, 9.17) is 0 Å². The highest BCUT2D eigenvalue weighted by Gasteiger charge is 2.18. The molecule has 0 radical (unpaired) electrons. The number of aromatic nitrogens is 1. The summed E-state index contributed by atoms with van der Waals surface area (Å²) in [4.78, 5) is 6.79. The van der Waals surface area contributed by atoms with Gasteiger partial charge in [-0.3, -0.25) is 0 Å². The van der Waals surface area contributed by atoms with Crippen molar-refractivity contribution in [3.63, 3.8) is 0 Å². The highest BCUT2D eigenvalue weighted by atomic mass is 16.3. The predicted molar refractivity (Wildman–Crippen MR) is 80.9 cm³/mol. The number of hydrogen-bond acceptors (Lipinski definition) is 3. The summed E-state index contributed by atoms with van der Waals surface area (Å²) in [5.41, 5.74) is 3.78. The maximum absolute atomic E-state index is 9.91. The summed E-state index contributed by atoms with van der Waals surface area (Å²) in [5.74, 6) is 0.926. The monoisotopic (exact) mass is 268 g/mol. The van der Waals surface area contributed by atoms with Gasteiger partial charge in [0.15, 0.2) is 0 Å². The number of pyridine rings is 1. The number of aliphatic hydroxyl groups excluding tert-OH is 1. The first-order chi connectivity index (χ1) is 9.75. The quantitative estimate of drug-likeness (QED) is 0.910. The summed E-state index contributed by atoms with van der Waals surface area (Å²) >= 11 is 0. The Bertz CT molecular complexity index is 568. The number of nitrogens with zero attached hydrogens (tertiary/aromatic N) is 2. The lowest BCUT2D eigenvalue weighted by Gasteiger charge is -2.24. The molecule has 104 valence electrons. The van der Waals surface area contributed by atoms with Crippen LogP contribution in [0.3, 0.4) is 0 Å². The lowest BCUT2D eigenvalue weighted by atomic mass is 10.0. The second-order valence-corrected chi connectivity index (χ2v) is 5.35. The average molecular weight is 268 g/mol. The molecule has 3 rings (SSSR count). The maximum atomic E-state index is 9.91. The van der Waals surface area contributed by atoms with Crippen molar-refractivity contribution < 1.29 is 5.11 Å². The van der Waals surface area contributed by atoms with E-state index in [9.17, 15) is 5.11 Å². The Hall–Kier alpha value is -1.87. The number of anilines is 1. The van der Waals surface area contributed by atoms with Crippen molar-refractivity contribution in [3.05, 3.63) is 59.3 Å². The van der Waals surface area contributed by atoms with Gasteiger partial charge in [0.1, 0.15) is 5.82 Å². The van der Waals surface area contributed by atoms with Gasteiger partial charge in [-0.2, -0.15) is 0 Å². The van der Waals surface area contributed by atoms with Crippen molar-refractivity contribution in [2.24, 2.45) is 0 Å². The van der Waals surface area contributed by atoms with Crippen LogP contribution in [0.4, 0.5) is 5.82 Å². The highest BCUT2D eigenvalue weighted by Crippen LogP contribution is 2.26. The molecule has 0 bridgehead atoms. The van der Waals surface area contributed by atoms with Crippen LogP contribution in [0.25, 0.3) is 0 Å². The molecule has 0 spiro atoms. The van der Waals surface area contributed by atoms with Crippen molar-refractivity contribution in [2.75, 3.05) is 18.0 Å². The Morgan fingerprint density at radius 1 is 1.05 bits per heavy atom. The third-order valence-electron chi connectivity index (χ3n) is 3.99. The molecule has 0 saturated carbocycles. The van der Waals surface area contributed by atoms with Gasteiger partial charge in [0, 0.05) is 24.8 Å². The molecule has 1 aliphatic rings. The van der Waals surface area contributed by atoms with Crippen LogP contribution in [0.5, 0.6) is 0 Å². The topological polar surface area (TPSA) is 36.4 Å². The van der Waals surface area contributed by atoms with Crippen LogP contribution in [0.15, 0.2) is 42.6 Å². The Labute approximate surface area is 119 Å². The lowest BCUT2D eigenvalue weighted by Crippen LogP contribution is -2.28. The summed E-state index contributed by atoms with van der Waals surface area (Å²) in [6.45, 7) is 3.70. The Morgan fingerprint density at radius 2 is 1.70 bits per heavy atom. The second-order valence-electron chi connectivity index (χ2n) is 5.35. The van der Waals surface area contributed by atoms with Gasteiger partial charge in [-0.05, 0) is 37.0 Å². The van der Waals surface area contributed by atoms with Crippen molar-refractivity contribution in [1.29, 1.82) is 0 Å². The van der Waals surface area contributed by atoms with Crippen LogP contribution in [0.1, 0.15) is 29.7 Å². The summed E-state index contributed by atoms with van der Waals surface area (Å²) in [6, 6.07) is 12.5. The van der Waals surface area contributed by atoms with E-state index in [0.29, 0.717) is 0 Å². The van der Waals surface area contributed by atoms with Crippen molar-refractivity contribution in [1.82, 2.24) is 4.98 Å². The zero-order chi connectivity index (χ0) is 13.9. The Kier molecular flexibility index (Phi) is 3.70. The van der Waals surface area contributed by atoms with Gasteiger partial charge in [-0.15, -0.1) is 0 Å². The summed E-state index contributed by atoms with van der Waals surface area (Å²) in [6.07, 6.45) is 3.39. The molecule has 3 heteroatoms. The van der Waals surface area contributed by atoms with Gasteiger partial charge in [-0.1, -0.05) is 30.3 Å². The first-order valence-corrected chi connectivity index (χ1v) is 7.20. The first-order valence-electron chi connectivity index (χ1n) is 7.20. The van der Waals surface area contributed by atoms with E-state index < -0.39 is 6.10 Å². The molecule has 2 aromatic rings. The maximum Gasteiger partial charge on any atom is 0.134 e. The molecule has 0 fully saturated rings. The molecule has 1 aliphatic heterocycles. The number of rotatable bonds is 2. The van der Waals surface area contributed by atoms with E-state index in [2.05, 4.69) is 34.1 Å². The molecule has 1 aromatic heterocycles. The zero-order valence-electron chi connectivity index (χ0n) is 11.8. The van der Waals surface area contributed by atoms with E-state index >= 15 is 0 Å². The summed E-state index contributed by atoms with van der Waals surface area (Å²) in [5, 5.41) is 9.91. The van der Waals surface area contributed by atoms with Crippen LogP contribution in [-0.4, -0.2) is 23.2 Å². The summed E-state index contributed by atoms with van der Waals surface area (Å²) < 4.78 is 0.